The molecule has 0 radical (unpaired) electrons. The number of rotatable bonds is 7. The number of amides is 2. The van der Waals surface area contributed by atoms with Crippen molar-refractivity contribution in [3.63, 3.8) is 0 Å². The number of carboxylic acid groups (broad SMARTS) is 1. The lowest BCUT2D eigenvalue weighted by molar-refractivity contribution is -0.192. The zero-order valence-electron chi connectivity index (χ0n) is 22.2. The summed E-state index contributed by atoms with van der Waals surface area (Å²) in [7, 11) is 1.84. The Labute approximate surface area is 233 Å². The molecule has 2 aliphatic rings. The number of hydrogen-bond donors (Lipinski definition) is 4. The van der Waals surface area contributed by atoms with Crippen LogP contribution >= 0.6 is 0 Å². The SMILES string of the molecule is CN(C(=O)Cc1ccc2c(c1)NC(=O)C2)[C@H](CN1CCC(O)C1)c1cccc(-c2ncc[nH]2)c1.O=C(O)C(F)(F)F. The molecule has 5 rings (SSSR count). The fourth-order valence-electron chi connectivity index (χ4n) is 4.84. The lowest BCUT2D eigenvalue weighted by Crippen LogP contribution is -2.39. The standard InChI is InChI=1S/C26H29N5O3.C2HF3O2/c1-30(25(34)12-17-5-6-18-14-24(33)29-22(18)11-17)23(16-31-10-7-21(32)15-31)19-3-2-4-20(13-19)26-27-8-9-28-26;3-2(4,5)1(6)7/h2-6,8-9,11,13,21,23,32H,7,10,12,14-16H2,1H3,(H,27,28)(H,29,33);(H,6,7)/t21?,23-;/m1./s1. The van der Waals surface area contributed by atoms with Gasteiger partial charge in [-0.05, 0) is 35.2 Å². The highest BCUT2D eigenvalue weighted by atomic mass is 19.4. The zero-order valence-corrected chi connectivity index (χ0v) is 22.2. The molecule has 0 aliphatic carbocycles. The summed E-state index contributed by atoms with van der Waals surface area (Å²) in [5.74, 6) is -1.99. The number of likely N-dealkylation sites (N-methyl/N-ethyl adjacent to an activating group) is 1. The van der Waals surface area contributed by atoms with Crippen molar-refractivity contribution in [1.82, 2.24) is 19.8 Å². The van der Waals surface area contributed by atoms with Gasteiger partial charge < -0.3 is 25.4 Å². The van der Waals surface area contributed by atoms with Crippen molar-refractivity contribution in [1.29, 1.82) is 0 Å². The molecule has 3 aromatic rings. The number of β-amino-alcohol motifs (C(OH)–C–C–N with tert-alkyl or cyclic N) is 1. The Morgan fingerprint density at radius 1 is 1.22 bits per heavy atom. The number of carbonyl (C=O) groups is 3. The molecule has 2 aromatic carbocycles. The molecule has 4 N–H and O–H groups in total. The first-order valence-corrected chi connectivity index (χ1v) is 12.9. The molecule has 1 aromatic heterocycles. The Balaban J connectivity index is 0.000000493. The third-order valence-corrected chi connectivity index (χ3v) is 6.98. The van der Waals surface area contributed by atoms with E-state index in [1.807, 2.05) is 43.4 Å². The van der Waals surface area contributed by atoms with Gasteiger partial charge in [0.2, 0.25) is 11.8 Å². The summed E-state index contributed by atoms with van der Waals surface area (Å²) in [6.07, 6.45) is -0.509. The molecule has 3 heterocycles. The van der Waals surface area contributed by atoms with Crippen LogP contribution in [0, 0.1) is 0 Å². The van der Waals surface area contributed by atoms with Crippen LogP contribution in [0.25, 0.3) is 11.4 Å². The van der Waals surface area contributed by atoms with Crippen molar-refractivity contribution in [2.45, 2.75) is 37.6 Å². The highest BCUT2D eigenvalue weighted by molar-refractivity contribution is 5.99. The van der Waals surface area contributed by atoms with Crippen LogP contribution in [0.2, 0.25) is 0 Å². The number of H-pyrrole nitrogens is 1. The highest BCUT2D eigenvalue weighted by Crippen LogP contribution is 2.28. The van der Waals surface area contributed by atoms with Gasteiger partial charge in [-0.1, -0.05) is 30.3 Å². The minimum atomic E-state index is -5.08. The molecule has 1 unspecified atom stereocenters. The van der Waals surface area contributed by atoms with Gasteiger partial charge in [-0.25, -0.2) is 9.78 Å². The molecule has 13 heteroatoms. The van der Waals surface area contributed by atoms with Crippen LogP contribution in [0.15, 0.2) is 54.9 Å². The maximum atomic E-state index is 13.4. The smallest absolute Gasteiger partial charge is 0.475 e. The van der Waals surface area contributed by atoms with Crippen molar-refractivity contribution in [2.24, 2.45) is 0 Å². The Morgan fingerprint density at radius 3 is 2.61 bits per heavy atom. The molecule has 41 heavy (non-hydrogen) atoms. The van der Waals surface area contributed by atoms with E-state index >= 15 is 0 Å². The third-order valence-electron chi connectivity index (χ3n) is 6.98. The quantitative estimate of drug-likeness (QED) is 0.341. The number of aromatic nitrogens is 2. The average molecular weight is 574 g/mol. The van der Waals surface area contributed by atoms with Gasteiger partial charge in [-0.15, -0.1) is 0 Å². The predicted octanol–water partition coefficient (Wildman–Crippen LogP) is 3.01. The van der Waals surface area contributed by atoms with Crippen molar-refractivity contribution in [3.8, 4) is 11.4 Å². The minimum Gasteiger partial charge on any atom is -0.475 e. The zero-order chi connectivity index (χ0) is 29.7. The first-order chi connectivity index (χ1) is 19.4. The van der Waals surface area contributed by atoms with Gasteiger partial charge >= 0.3 is 12.1 Å². The number of aliphatic hydroxyl groups excluding tert-OH is 1. The Hall–Kier alpha value is -4.23. The first-order valence-electron chi connectivity index (χ1n) is 12.9. The molecule has 0 spiro atoms. The predicted molar refractivity (Wildman–Crippen MR) is 143 cm³/mol. The lowest BCUT2D eigenvalue weighted by Gasteiger charge is -2.32. The van der Waals surface area contributed by atoms with E-state index in [0.717, 1.165) is 46.7 Å². The summed E-state index contributed by atoms with van der Waals surface area (Å²) in [5.41, 5.74) is 4.62. The van der Waals surface area contributed by atoms with Gasteiger partial charge in [0.25, 0.3) is 0 Å². The number of aliphatic hydroxyl groups is 1. The lowest BCUT2D eigenvalue weighted by atomic mass is 10.0. The second-order valence-corrected chi connectivity index (χ2v) is 9.98. The maximum Gasteiger partial charge on any atom is 0.490 e. The molecule has 0 bridgehead atoms. The number of benzene rings is 2. The Kier molecular flexibility index (Phi) is 9.08. The average Bonchev–Trinajstić information content (AvgIpc) is 3.67. The highest BCUT2D eigenvalue weighted by Gasteiger charge is 2.38. The summed E-state index contributed by atoms with van der Waals surface area (Å²) in [6.45, 7) is 2.06. The number of anilines is 1. The number of hydrogen-bond acceptors (Lipinski definition) is 6. The maximum absolute atomic E-state index is 13.4. The fourth-order valence-corrected chi connectivity index (χ4v) is 4.84. The second-order valence-electron chi connectivity index (χ2n) is 9.98. The molecule has 0 saturated carbocycles. The van der Waals surface area contributed by atoms with Gasteiger partial charge in [0.05, 0.1) is 25.0 Å². The first kappa shape index (κ1) is 29.7. The van der Waals surface area contributed by atoms with E-state index in [2.05, 4.69) is 26.3 Å². The number of aromatic amines is 1. The molecule has 1 saturated heterocycles. The normalized spacial score (nSPS) is 17.3. The van der Waals surface area contributed by atoms with Crippen molar-refractivity contribution in [2.75, 3.05) is 32.0 Å². The van der Waals surface area contributed by atoms with Crippen LogP contribution in [-0.2, 0) is 27.2 Å². The summed E-state index contributed by atoms with van der Waals surface area (Å²) in [6, 6.07) is 13.7. The summed E-state index contributed by atoms with van der Waals surface area (Å²) < 4.78 is 31.7. The summed E-state index contributed by atoms with van der Waals surface area (Å²) in [5, 5.41) is 20.0. The van der Waals surface area contributed by atoms with Gasteiger partial charge in [0.15, 0.2) is 0 Å². The molecule has 10 nitrogen and oxygen atoms in total. The van der Waals surface area contributed by atoms with Gasteiger partial charge in [0.1, 0.15) is 5.82 Å². The number of carbonyl (C=O) groups excluding carboxylic acids is 2. The Bertz CT molecular complexity index is 1400. The van der Waals surface area contributed by atoms with E-state index in [4.69, 9.17) is 9.90 Å². The molecule has 2 amide bonds. The molecular formula is C28H30F3N5O5. The number of fused-ring (bicyclic) bond motifs is 1. The Morgan fingerprint density at radius 2 is 1.98 bits per heavy atom. The number of carboxylic acids is 1. The monoisotopic (exact) mass is 573 g/mol. The number of halogens is 3. The fraction of sp³-hybridized carbons (Fsp3) is 0.357. The van der Waals surface area contributed by atoms with Gasteiger partial charge in [-0.3, -0.25) is 14.5 Å². The van der Waals surface area contributed by atoms with Crippen LogP contribution in [0.4, 0.5) is 18.9 Å². The molecule has 1 fully saturated rings. The van der Waals surface area contributed by atoms with E-state index in [1.165, 1.54) is 0 Å². The van der Waals surface area contributed by atoms with E-state index < -0.39 is 12.1 Å². The van der Waals surface area contributed by atoms with Crippen molar-refractivity contribution >= 4 is 23.5 Å². The van der Waals surface area contributed by atoms with E-state index in [1.54, 1.807) is 17.3 Å². The van der Waals surface area contributed by atoms with Crippen LogP contribution in [0.3, 0.4) is 0 Å². The molecule has 218 valence electrons. The number of aliphatic carboxylic acids is 1. The second kappa shape index (κ2) is 12.5. The van der Waals surface area contributed by atoms with Gasteiger partial charge in [-0.2, -0.15) is 13.2 Å². The van der Waals surface area contributed by atoms with Crippen molar-refractivity contribution < 1.29 is 37.8 Å². The molecular weight excluding hydrogens is 543 g/mol. The van der Waals surface area contributed by atoms with Crippen LogP contribution < -0.4 is 5.32 Å². The van der Waals surface area contributed by atoms with Crippen molar-refractivity contribution in [3.05, 3.63) is 71.5 Å². The summed E-state index contributed by atoms with van der Waals surface area (Å²) >= 11 is 0. The number of alkyl halides is 3. The largest absolute Gasteiger partial charge is 0.490 e. The van der Waals surface area contributed by atoms with Gasteiger partial charge in [0, 0.05) is 50.3 Å². The number of likely N-dealkylation sites (tertiary alicyclic amines) is 1. The third kappa shape index (κ3) is 7.70. The molecule has 2 aliphatic heterocycles. The van der Waals surface area contributed by atoms with Crippen LogP contribution in [0.1, 0.15) is 29.2 Å². The summed E-state index contributed by atoms with van der Waals surface area (Å²) in [4.78, 5) is 45.5. The number of imidazole rings is 1. The van der Waals surface area contributed by atoms with Crippen LogP contribution in [-0.4, -0.2) is 86.7 Å². The topological polar surface area (TPSA) is 139 Å². The van der Waals surface area contributed by atoms with E-state index in [-0.39, 0.29) is 30.4 Å². The van der Waals surface area contributed by atoms with E-state index in [9.17, 15) is 27.9 Å². The number of nitrogens with zero attached hydrogens (tertiary/aromatic N) is 3. The minimum absolute atomic E-state index is 0.00239. The van der Waals surface area contributed by atoms with E-state index in [0.29, 0.717) is 19.5 Å². The van der Waals surface area contributed by atoms with Crippen LogP contribution in [0.5, 0.6) is 0 Å². The molecule has 2 atom stereocenters. The number of nitrogens with one attached hydrogen (secondary N) is 2.